The van der Waals surface area contributed by atoms with Gasteiger partial charge < -0.3 is 14.8 Å². The number of ether oxygens (including phenoxy) is 2. The standard InChI is InChI=1S/C12H17N3O6S/c1-8-6-20-7-9(21-8)5-14-11-3-2-10(22(13,18)19)4-12(11)15(16)17/h2-4,8-9,14H,5-7H2,1H3,(H2,13,18,19)/t8-,9+/m1/s1. The molecule has 0 amide bonds. The number of primary sulfonamides is 1. The van der Waals surface area contributed by atoms with Crippen LogP contribution < -0.4 is 10.5 Å². The molecule has 2 atom stereocenters. The minimum atomic E-state index is -4.00. The minimum absolute atomic E-state index is 0.0414. The van der Waals surface area contributed by atoms with E-state index in [0.29, 0.717) is 19.8 Å². The average molecular weight is 331 g/mol. The SMILES string of the molecule is C[C@@H]1COC[C@H](CNc2ccc(S(N)(=O)=O)cc2[N+](=O)[O-])O1. The van der Waals surface area contributed by atoms with Crippen LogP contribution in [0.15, 0.2) is 23.1 Å². The number of nitro groups is 1. The van der Waals surface area contributed by atoms with Crippen LogP contribution in [-0.2, 0) is 19.5 Å². The Hall–Kier alpha value is -1.75. The Balaban J connectivity index is 2.15. The molecule has 9 nitrogen and oxygen atoms in total. The van der Waals surface area contributed by atoms with Crippen LogP contribution in [0, 0.1) is 10.1 Å². The van der Waals surface area contributed by atoms with Gasteiger partial charge in [-0.2, -0.15) is 0 Å². The molecule has 1 aromatic carbocycles. The fraction of sp³-hybridized carbons (Fsp3) is 0.500. The molecule has 0 bridgehead atoms. The zero-order chi connectivity index (χ0) is 16.3. The van der Waals surface area contributed by atoms with E-state index in [2.05, 4.69) is 5.32 Å². The van der Waals surface area contributed by atoms with Crippen LogP contribution in [0.5, 0.6) is 0 Å². The van der Waals surface area contributed by atoms with Gasteiger partial charge in [-0.1, -0.05) is 0 Å². The molecule has 2 rings (SSSR count). The lowest BCUT2D eigenvalue weighted by Crippen LogP contribution is -2.38. The van der Waals surface area contributed by atoms with Gasteiger partial charge in [0.2, 0.25) is 10.0 Å². The van der Waals surface area contributed by atoms with E-state index in [-0.39, 0.29) is 28.5 Å². The average Bonchev–Trinajstić information content (AvgIpc) is 2.44. The molecule has 0 radical (unpaired) electrons. The van der Waals surface area contributed by atoms with Crippen LogP contribution in [0.3, 0.4) is 0 Å². The van der Waals surface area contributed by atoms with Crippen molar-refractivity contribution in [1.82, 2.24) is 0 Å². The summed E-state index contributed by atoms with van der Waals surface area (Å²) in [6.07, 6.45) is -0.276. The summed E-state index contributed by atoms with van der Waals surface area (Å²) < 4.78 is 33.5. The van der Waals surface area contributed by atoms with E-state index in [0.717, 1.165) is 6.07 Å². The van der Waals surface area contributed by atoms with Crippen molar-refractivity contribution in [1.29, 1.82) is 0 Å². The maximum absolute atomic E-state index is 11.3. The second-order valence-electron chi connectivity index (χ2n) is 4.97. The van der Waals surface area contributed by atoms with Crippen molar-refractivity contribution in [2.24, 2.45) is 5.14 Å². The Labute approximate surface area is 127 Å². The summed E-state index contributed by atoms with van der Waals surface area (Å²) in [7, 11) is -4.00. The number of anilines is 1. The molecule has 1 aliphatic rings. The maximum Gasteiger partial charge on any atom is 0.293 e. The number of rotatable bonds is 5. The first kappa shape index (κ1) is 16.6. The van der Waals surface area contributed by atoms with Gasteiger partial charge >= 0.3 is 0 Å². The quantitative estimate of drug-likeness (QED) is 0.591. The van der Waals surface area contributed by atoms with Gasteiger partial charge in [0.25, 0.3) is 5.69 Å². The Kier molecular flexibility index (Phi) is 4.96. The fourth-order valence-corrected chi connectivity index (χ4v) is 2.63. The number of nitro benzene ring substituents is 1. The van der Waals surface area contributed by atoms with Crippen molar-refractivity contribution >= 4 is 21.4 Å². The zero-order valence-corrected chi connectivity index (χ0v) is 12.7. The lowest BCUT2D eigenvalue weighted by molar-refractivity contribution is -0.384. The molecule has 3 N–H and O–H groups in total. The molecule has 122 valence electrons. The van der Waals surface area contributed by atoms with E-state index in [1.165, 1.54) is 12.1 Å². The molecule has 0 aliphatic carbocycles. The van der Waals surface area contributed by atoms with Gasteiger partial charge in [-0.05, 0) is 19.1 Å². The number of nitrogens with two attached hydrogens (primary N) is 1. The van der Waals surface area contributed by atoms with E-state index in [4.69, 9.17) is 14.6 Å². The number of sulfonamides is 1. The molecule has 0 spiro atoms. The van der Waals surface area contributed by atoms with Crippen LogP contribution in [0.2, 0.25) is 0 Å². The van der Waals surface area contributed by atoms with Crippen LogP contribution in [-0.4, -0.2) is 45.3 Å². The van der Waals surface area contributed by atoms with Crippen molar-refractivity contribution in [2.45, 2.75) is 24.0 Å². The fourth-order valence-electron chi connectivity index (χ4n) is 2.09. The Bertz CT molecular complexity index is 663. The van der Waals surface area contributed by atoms with Gasteiger partial charge in [0.05, 0.1) is 35.2 Å². The third-order valence-corrected chi connectivity index (χ3v) is 4.01. The van der Waals surface area contributed by atoms with Crippen LogP contribution in [0.1, 0.15) is 6.92 Å². The normalized spacial score (nSPS) is 22.3. The highest BCUT2D eigenvalue weighted by Crippen LogP contribution is 2.27. The topological polar surface area (TPSA) is 134 Å². The Morgan fingerprint density at radius 3 is 2.77 bits per heavy atom. The molecule has 22 heavy (non-hydrogen) atoms. The number of nitrogens with one attached hydrogen (secondary N) is 1. The van der Waals surface area contributed by atoms with Gasteiger partial charge in [-0.25, -0.2) is 13.6 Å². The molecule has 1 aromatic rings. The van der Waals surface area contributed by atoms with Gasteiger partial charge in [-0.3, -0.25) is 10.1 Å². The number of hydrogen-bond donors (Lipinski definition) is 2. The molecular weight excluding hydrogens is 314 g/mol. The summed E-state index contributed by atoms with van der Waals surface area (Å²) in [6, 6.07) is 3.45. The van der Waals surface area contributed by atoms with Crippen molar-refractivity contribution in [3.8, 4) is 0 Å². The van der Waals surface area contributed by atoms with Crippen molar-refractivity contribution in [3.63, 3.8) is 0 Å². The third-order valence-electron chi connectivity index (χ3n) is 3.10. The summed E-state index contributed by atoms with van der Waals surface area (Å²) in [4.78, 5) is 10.1. The largest absolute Gasteiger partial charge is 0.377 e. The predicted molar refractivity (Wildman–Crippen MR) is 78.1 cm³/mol. The van der Waals surface area contributed by atoms with E-state index < -0.39 is 14.9 Å². The Morgan fingerprint density at radius 1 is 1.45 bits per heavy atom. The van der Waals surface area contributed by atoms with Crippen molar-refractivity contribution < 1.29 is 22.8 Å². The molecule has 1 saturated heterocycles. The smallest absolute Gasteiger partial charge is 0.293 e. The molecule has 0 aromatic heterocycles. The van der Waals surface area contributed by atoms with E-state index in [1.54, 1.807) is 0 Å². The Morgan fingerprint density at radius 2 is 2.18 bits per heavy atom. The van der Waals surface area contributed by atoms with Gasteiger partial charge in [0, 0.05) is 12.6 Å². The monoisotopic (exact) mass is 331 g/mol. The van der Waals surface area contributed by atoms with Crippen LogP contribution in [0.4, 0.5) is 11.4 Å². The summed E-state index contributed by atoms with van der Waals surface area (Å²) in [5.74, 6) is 0. The zero-order valence-electron chi connectivity index (χ0n) is 11.9. The highest BCUT2D eigenvalue weighted by Gasteiger charge is 2.22. The maximum atomic E-state index is 11.3. The second-order valence-corrected chi connectivity index (χ2v) is 6.53. The summed E-state index contributed by atoms with van der Waals surface area (Å²) >= 11 is 0. The molecule has 1 fully saturated rings. The van der Waals surface area contributed by atoms with E-state index >= 15 is 0 Å². The molecule has 0 saturated carbocycles. The highest BCUT2D eigenvalue weighted by molar-refractivity contribution is 7.89. The summed E-state index contributed by atoms with van der Waals surface area (Å²) in [5, 5.41) is 18.9. The minimum Gasteiger partial charge on any atom is -0.377 e. The van der Waals surface area contributed by atoms with Gasteiger partial charge in [0.1, 0.15) is 5.69 Å². The van der Waals surface area contributed by atoms with Crippen LogP contribution in [0.25, 0.3) is 0 Å². The number of hydrogen-bond acceptors (Lipinski definition) is 7. The lowest BCUT2D eigenvalue weighted by Gasteiger charge is -2.28. The first-order chi connectivity index (χ1) is 10.3. The molecule has 1 heterocycles. The molecular formula is C12H17N3O6S. The number of benzene rings is 1. The summed E-state index contributed by atoms with van der Waals surface area (Å²) in [5.41, 5.74) is -0.171. The first-order valence-corrected chi connectivity index (χ1v) is 8.10. The van der Waals surface area contributed by atoms with Gasteiger partial charge in [0.15, 0.2) is 0 Å². The third kappa shape index (κ3) is 4.13. The van der Waals surface area contributed by atoms with Gasteiger partial charge in [-0.15, -0.1) is 0 Å². The molecule has 1 aliphatic heterocycles. The predicted octanol–water partition coefficient (Wildman–Crippen LogP) is 0.458. The highest BCUT2D eigenvalue weighted by atomic mass is 32.2. The molecule has 0 unspecified atom stereocenters. The number of nitrogens with zero attached hydrogens (tertiary/aromatic N) is 1. The first-order valence-electron chi connectivity index (χ1n) is 6.55. The summed E-state index contributed by atoms with van der Waals surface area (Å²) in [6.45, 7) is 3.08. The second kappa shape index (κ2) is 6.57. The van der Waals surface area contributed by atoms with E-state index in [1.807, 2.05) is 6.92 Å². The lowest BCUT2D eigenvalue weighted by atomic mass is 10.2. The van der Waals surface area contributed by atoms with E-state index in [9.17, 15) is 18.5 Å². The van der Waals surface area contributed by atoms with Crippen molar-refractivity contribution in [3.05, 3.63) is 28.3 Å². The molecule has 10 heteroatoms. The van der Waals surface area contributed by atoms with Crippen LogP contribution >= 0.6 is 0 Å². The van der Waals surface area contributed by atoms with Crippen molar-refractivity contribution in [2.75, 3.05) is 25.1 Å².